The van der Waals surface area contributed by atoms with E-state index >= 15 is 0 Å². The molecule has 0 saturated carbocycles. The Morgan fingerprint density at radius 1 is 1.03 bits per heavy atom. The zero-order valence-corrected chi connectivity index (χ0v) is 23.3. The second kappa shape index (κ2) is 17.9. The van der Waals surface area contributed by atoms with Crippen molar-refractivity contribution in [1.82, 2.24) is 10.2 Å². The van der Waals surface area contributed by atoms with Crippen molar-refractivity contribution < 1.29 is 14.3 Å². The molecule has 0 saturated heterocycles. The van der Waals surface area contributed by atoms with Gasteiger partial charge in [0.25, 0.3) is 0 Å². The highest BCUT2D eigenvalue weighted by Gasteiger charge is 2.22. The lowest BCUT2D eigenvalue weighted by molar-refractivity contribution is 0.229. The predicted molar refractivity (Wildman–Crippen MR) is 157 cm³/mol. The number of carbonyl (C=O) groups excluding carboxylic acids is 1. The van der Waals surface area contributed by atoms with Gasteiger partial charge in [-0.3, -0.25) is 4.90 Å². The number of allylic oxidation sites excluding steroid dienone is 2. The molecule has 204 valence electrons. The number of rotatable bonds is 7. The van der Waals surface area contributed by atoms with E-state index in [-0.39, 0.29) is 13.0 Å². The molecule has 0 fully saturated rings. The Kier molecular flexibility index (Phi) is 14.9. The van der Waals surface area contributed by atoms with Gasteiger partial charge in [0.15, 0.2) is 0 Å². The molecule has 2 aromatic rings. The summed E-state index contributed by atoms with van der Waals surface area (Å²) < 4.78 is 10.4. The van der Waals surface area contributed by atoms with Crippen LogP contribution in [0.2, 0.25) is 0 Å². The molecule has 1 aliphatic heterocycles. The summed E-state index contributed by atoms with van der Waals surface area (Å²) in [6.07, 6.45) is 5.60. The van der Waals surface area contributed by atoms with Crippen LogP contribution in [0.5, 0.6) is 11.5 Å². The third-order valence-electron chi connectivity index (χ3n) is 5.18. The molecule has 0 aromatic heterocycles. The number of benzene rings is 2. The third-order valence-corrected chi connectivity index (χ3v) is 5.18. The number of hydrogen-bond donors (Lipinski definition) is 2. The van der Waals surface area contributed by atoms with Gasteiger partial charge in [0, 0.05) is 13.0 Å². The lowest BCUT2D eigenvalue weighted by Crippen LogP contribution is -2.35. The fraction of sp³-hybridized carbons (Fsp3) is 0.310. The van der Waals surface area contributed by atoms with Gasteiger partial charge in [-0.1, -0.05) is 50.3 Å². The first-order chi connectivity index (χ1) is 18.4. The number of hydrogen-bond acceptors (Lipinski definition) is 7. The Balaban J connectivity index is 0.00000110. The molecule has 9 heteroatoms. The van der Waals surface area contributed by atoms with Crippen molar-refractivity contribution in [2.75, 3.05) is 14.2 Å². The van der Waals surface area contributed by atoms with E-state index in [9.17, 15) is 4.79 Å². The molecule has 0 bridgehead atoms. The highest BCUT2D eigenvalue weighted by Crippen LogP contribution is 2.17. The zero-order valence-electron chi connectivity index (χ0n) is 23.3. The molecule has 0 aliphatic carbocycles. The number of carbonyl (C=O) groups is 1. The van der Waals surface area contributed by atoms with Gasteiger partial charge in [-0.25, -0.2) is 19.8 Å². The van der Waals surface area contributed by atoms with Crippen LogP contribution in [0.15, 0.2) is 87.2 Å². The van der Waals surface area contributed by atoms with Crippen molar-refractivity contribution in [2.45, 2.75) is 47.2 Å². The second-order valence-corrected chi connectivity index (χ2v) is 7.58. The van der Waals surface area contributed by atoms with Crippen LogP contribution in [0.1, 0.15) is 45.2 Å². The van der Waals surface area contributed by atoms with Gasteiger partial charge in [0.05, 0.1) is 26.5 Å². The van der Waals surface area contributed by atoms with Crippen LogP contribution in [0.25, 0.3) is 0 Å². The molecule has 0 spiro atoms. The summed E-state index contributed by atoms with van der Waals surface area (Å²) >= 11 is 0. The Labute approximate surface area is 226 Å². The Bertz CT molecular complexity index is 1120. The smallest absolute Gasteiger partial charge is 0.348 e. The molecule has 0 radical (unpaired) electrons. The van der Waals surface area contributed by atoms with Gasteiger partial charge in [0.1, 0.15) is 29.5 Å². The monoisotopic (exact) mass is 520 g/mol. The molecule has 2 aromatic carbocycles. The highest BCUT2D eigenvalue weighted by atomic mass is 16.5. The number of nitrogens with zero attached hydrogens (tertiary/aromatic N) is 4. The van der Waals surface area contributed by atoms with Crippen LogP contribution in [0, 0.1) is 0 Å². The van der Waals surface area contributed by atoms with E-state index in [0.29, 0.717) is 23.9 Å². The van der Waals surface area contributed by atoms with E-state index in [2.05, 4.69) is 27.0 Å². The summed E-state index contributed by atoms with van der Waals surface area (Å²) in [5.41, 5.74) is 8.67. The first-order valence-electron chi connectivity index (χ1n) is 12.4. The second-order valence-electron chi connectivity index (χ2n) is 7.58. The highest BCUT2D eigenvalue weighted by molar-refractivity contribution is 6.02. The topological polar surface area (TPSA) is 114 Å². The van der Waals surface area contributed by atoms with Crippen molar-refractivity contribution >= 4 is 24.9 Å². The number of amidine groups is 1. The van der Waals surface area contributed by atoms with Gasteiger partial charge < -0.3 is 20.5 Å². The number of nitrogens with one attached hydrogen (secondary N) is 1. The molecule has 9 nitrogen and oxygen atoms in total. The van der Waals surface area contributed by atoms with Crippen LogP contribution in [-0.2, 0) is 13.1 Å². The fourth-order valence-electron chi connectivity index (χ4n) is 3.06. The van der Waals surface area contributed by atoms with Gasteiger partial charge in [0.2, 0.25) is 0 Å². The lowest BCUT2D eigenvalue weighted by atomic mass is 10.2. The zero-order chi connectivity index (χ0) is 28.3. The van der Waals surface area contributed by atoms with Gasteiger partial charge >= 0.3 is 6.03 Å². The largest absolute Gasteiger partial charge is 0.497 e. The molecule has 1 aliphatic rings. The summed E-state index contributed by atoms with van der Waals surface area (Å²) in [7, 11) is 3.22. The molecular formula is C29H40N6O3. The number of nitrogens with two attached hydrogens (primary N) is 1. The van der Waals surface area contributed by atoms with E-state index in [0.717, 1.165) is 22.6 Å². The van der Waals surface area contributed by atoms with Crippen molar-refractivity contribution in [2.24, 2.45) is 20.7 Å². The molecule has 3 rings (SSSR count). The van der Waals surface area contributed by atoms with Gasteiger partial charge in [-0.2, -0.15) is 0 Å². The van der Waals surface area contributed by atoms with Gasteiger partial charge in [-0.15, -0.1) is 0 Å². The quantitative estimate of drug-likeness (QED) is 0.360. The molecule has 0 unspecified atom stereocenters. The number of urea groups is 1. The first-order valence-corrected chi connectivity index (χ1v) is 12.4. The molecule has 0 atom stereocenters. The molecular weight excluding hydrogens is 480 g/mol. The number of aliphatic imine (C=N–C) groups is 3. The van der Waals surface area contributed by atoms with Crippen molar-refractivity contribution in [3.05, 3.63) is 83.3 Å². The average Bonchev–Trinajstić information content (AvgIpc) is 3.16. The predicted octanol–water partition coefficient (Wildman–Crippen LogP) is 5.68. The summed E-state index contributed by atoms with van der Waals surface area (Å²) in [5, 5.41) is 3.22. The SMILES string of the molecule is C/C=C\C.C=NC(=O)N(Cc1ccc(OC)cc1)C1=NC=NC(NCc2ccc(OC)cc2)=C(N)C1.CC. The van der Waals surface area contributed by atoms with Crippen molar-refractivity contribution in [1.29, 1.82) is 0 Å². The maximum atomic E-state index is 12.5. The Morgan fingerprint density at radius 3 is 2.03 bits per heavy atom. The summed E-state index contributed by atoms with van der Waals surface area (Å²) in [6, 6.07) is 14.6. The van der Waals surface area contributed by atoms with E-state index in [1.807, 2.05) is 88.4 Å². The molecule has 2 amide bonds. The number of methoxy groups -OCH3 is 2. The van der Waals surface area contributed by atoms with Crippen LogP contribution in [0.3, 0.4) is 0 Å². The summed E-state index contributed by atoms with van der Waals surface area (Å²) in [5.74, 6) is 2.45. The summed E-state index contributed by atoms with van der Waals surface area (Å²) in [6.45, 7) is 12.1. The van der Waals surface area contributed by atoms with Crippen molar-refractivity contribution in [3.63, 3.8) is 0 Å². The minimum atomic E-state index is -0.518. The van der Waals surface area contributed by atoms with E-state index in [1.54, 1.807) is 14.2 Å². The van der Waals surface area contributed by atoms with Crippen LogP contribution < -0.4 is 20.5 Å². The maximum Gasteiger partial charge on any atom is 0.348 e. The minimum Gasteiger partial charge on any atom is -0.497 e. The fourth-order valence-corrected chi connectivity index (χ4v) is 3.06. The third kappa shape index (κ3) is 10.3. The average molecular weight is 521 g/mol. The van der Waals surface area contributed by atoms with Crippen LogP contribution >= 0.6 is 0 Å². The Hall–Kier alpha value is -4.40. The van der Waals surface area contributed by atoms with Crippen LogP contribution in [0.4, 0.5) is 4.79 Å². The van der Waals surface area contributed by atoms with E-state index in [4.69, 9.17) is 15.2 Å². The Morgan fingerprint density at radius 2 is 1.55 bits per heavy atom. The number of amides is 2. The van der Waals surface area contributed by atoms with Crippen molar-refractivity contribution in [3.8, 4) is 11.5 Å². The number of ether oxygens (including phenoxy) is 2. The molecule has 1 heterocycles. The van der Waals surface area contributed by atoms with E-state index in [1.165, 1.54) is 11.2 Å². The standard InChI is InChI=1S/C23H26N6O3.C4H8.C2H6/c1-25-23(30)29(14-17-6-10-19(32-3)11-7-17)21-12-20(24)22(28-15-27-21)26-13-16-4-8-18(31-2)9-5-16;1-3-4-2;1-2/h4-11,15,26H,1,12-14,24H2,2-3H3;3-4H,1-2H3;1-2H3/b;4-3-;. The summed E-state index contributed by atoms with van der Waals surface area (Å²) in [4.78, 5) is 26.1. The maximum absolute atomic E-state index is 12.5. The van der Waals surface area contributed by atoms with Crippen LogP contribution in [-0.4, -0.2) is 44.0 Å². The molecule has 38 heavy (non-hydrogen) atoms. The minimum absolute atomic E-state index is 0.225. The van der Waals surface area contributed by atoms with Gasteiger partial charge in [-0.05, 0) is 56.0 Å². The lowest BCUT2D eigenvalue weighted by Gasteiger charge is -2.22. The van der Waals surface area contributed by atoms with E-state index < -0.39 is 6.03 Å². The molecule has 3 N–H and O–H groups in total. The normalized spacial score (nSPS) is 12.2. The first kappa shape index (κ1) is 31.6.